The standard InChI is InChI=1S/C7H16.C4H12N2/c1-5-6-7(2,3)4;1-6(2)4-3-5/h5-6H2,1-4H3;3-5H2,1-2H3. The van der Waals surface area contributed by atoms with Crippen LogP contribution in [0.1, 0.15) is 40.5 Å². The van der Waals surface area contributed by atoms with E-state index in [-0.39, 0.29) is 0 Å². The molecule has 0 spiro atoms. The number of rotatable bonds is 3. The Balaban J connectivity index is 0. The molecule has 0 bridgehead atoms. The maximum atomic E-state index is 5.19. The summed E-state index contributed by atoms with van der Waals surface area (Å²) in [6.07, 6.45) is 2.65. The highest BCUT2D eigenvalue weighted by Crippen LogP contribution is 2.19. The summed E-state index contributed by atoms with van der Waals surface area (Å²) in [6.45, 7) is 10.8. The van der Waals surface area contributed by atoms with Crippen LogP contribution < -0.4 is 5.73 Å². The Hall–Kier alpha value is -0.0800. The quantitative estimate of drug-likeness (QED) is 0.736. The molecular weight excluding hydrogens is 160 g/mol. The smallest absolute Gasteiger partial charge is 0.00985 e. The Morgan fingerprint density at radius 2 is 1.62 bits per heavy atom. The van der Waals surface area contributed by atoms with E-state index in [9.17, 15) is 0 Å². The van der Waals surface area contributed by atoms with Crippen LogP contribution in [0.5, 0.6) is 0 Å². The van der Waals surface area contributed by atoms with Gasteiger partial charge in [0.15, 0.2) is 0 Å². The van der Waals surface area contributed by atoms with Crippen LogP contribution in [-0.4, -0.2) is 32.1 Å². The highest BCUT2D eigenvalue weighted by atomic mass is 15.1. The van der Waals surface area contributed by atoms with Crippen molar-refractivity contribution in [1.82, 2.24) is 4.90 Å². The average molecular weight is 188 g/mol. The Kier molecular flexibility index (Phi) is 10.1. The molecule has 0 aromatic heterocycles. The molecule has 0 rings (SSSR count). The molecule has 0 radical (unpaired) electrons. The van der Waals surface area contributed by atoms with E-state index in [2.05, 4.69) is 32.6 Å². The van der Waals surface area contributed by atoms with Crippen LogP contribution in [0.15, 0.2) is 0 Å². The van der Waals surface area contributed by atoms with Gasteiger partial charge in [-0.1, -0.05) is 34.1 Å². The maximum absolute atomic E-state index is 5.19. The molecule has 0 aliphatic heterocycles. The molecule has 0 aromatic rings. The zero-order chi connectivity index (χ0) is 10.9. The van der Waals surface area contributed by atoms with E-state index in [1.165, 1.54) is 12.8 Å². The minimum Gasteiger partial charge on any atom is -0.329 e. The van der Waals surface area contributed by atoms with Crippen molar-refractivity contribution >= 4 is 0 Å². The van der Waals surface area contributed by atoms with Gasteiger partial charge in [-0.3, -0.25) is 0 Å². The fourth-order valence-electron chi connectivity index (χ4n) is 1.01. The second-order valence-electron chi connectivity index (χ2n) is 4.90. The summed E-state index contributed by atoms with van der Waals surface area (Å²) in [5.41, 5.74) is 5.74. The molecular formula is C11H28N2. The summed E-state index contributed by atoms with van der Waals surface area (Å²) in [5, 5.41) is 0. The number of hydrogen-bond donors (Lipinski definition) is 1. The van der Waals surface area contributed by atoms with Crippen LogP contribution in [0, 0.1) is 5.41 Å². The molecule has 0 aliphatic rings. The first kappa shape index (κ1) is 15.4. The van der Waals surface area contributed by atoms with Crippen molar-refractivity contribution in [2.75, 3.05) is 27.2 Å². The van der Waals surface area contributed by atoms with E-state index in [1.807, 2.05) is 14.1 Å². The SMILES string of the molecule is CCCC(C)(C)C.CN(C)CCN. The molecule has 0 fully saturated rings. The van der Waals surface area contributed by atoms with E-state index in [0.717, 1.165) is 13.1 Å². The van der Waals surface area contributed by atoms with Gasteiger partial charge in [0, 0.05) is 13.1 Å². The van der Waals surface area contributed by atoms with Crippen molar-refractivity contribution in [1.29, 1.82) is 0 Å². The van der Waals surface area contributed by atoms with Crippen LogP contribution in [0.4, 0.5) is 0 Å². The van der Waals surface area contributed by atoms with Gasteiger partial charge in [-0.25, -0.2) is 0 Å². The third-order valence-corrected chi connectivity index (χ3v) is 1.58. The second kappa shape index (κ2) is 8.52. The van der Waals surface area contributed by atoms with Crippen LogP contribution in [0.25, 0.3) is 0 Å². The van der Waals surface area contributed by atoms with Crippen LogP contribution in [0.3, 0.4) is 0 Å². The molecule has 0 unspecified atom stereocenters. The first-order valence-corrected chi connectivity index (χ1v) is 5.18. The van der Waals surface area contributed by atoms with Gasteiger partial charge in [0.2, 0.25) is 0 Å². The summed E-state index contributed by atoms with van der Waals surface area (Å²) < 4.78 is 0. The zero-order valence-corrected chi connectivity index (χ0v) is 10.4. The highest BCUT2D eigenvalue weighted by Gasteiger charge is 2.06. The first-order chi connectivity index (χ1) is 5.83. The third-order valence-electron chi connectivity index (χ3n) is 1.58. The van der Waals surface area contributed by atoms with Crippen molar-refractivity contribution in [3.63, 3.8) is 0 Å². The van der Waals surface area contributed by atoms with Gasteiger partial charge in [-0.2, -0.15) is 0 Å². The molecule has 0 atom stereocenters. The van der Waals surface area contributed by atoms with Crippen LogP contribution >= 0.6 is 0 Å². The third kappa shape index (κ3) is 24.5. The predicted molar refractivity (Wildman–Crippen MR) is 62.0 cm³/mol. The Morgan fingerprint density at radius 1 is 1.15 bits per heavy atom. The molecule has 82 valence electrons. The lowest BCUT2D eigenvalue weighted by Crippen LogP contribution is -2.20. The second-order valence-corrected chi connectivity index (χ2v) is 4.90. The lowest BCUT2D eigenvalue weighted by atomic mass is 9.91. The number of likely N-dealkylation sites (N-methyl/N-ethyl adjacent to an activating group) is 1. The van der Waals surface area contributed by atoms with Crippen molar-refractivity contribution < 1.29 is 0 Å². The predicted octanol–water partition coefficient (Wildman–Crippen LogP) is 2.34. The van der Waals surface area contributed by atoms with Crippen molar-refractivity contribution in [2.45, 2.75) is 40.5 Å². The lowest BCUT2D eigenvalue weighted by Gasteiger charge is -2.15. The fraction of sp³-hybridized carbons (Fsp3) is 1.00. The van der Waals surface area contributed by atoms with Gasteiger partial charge < -0.3 is 10.6 Å². The summed E-state index contributed by atoms with van der Waals surface area (Å²) in [4.78, 5) is 2.06. The molecule has 0 heterocycles. The molecule has 0 aromatic carbocycles. The van der Waals surface area contributed by atoms with Crippen molar-refractivity contribution in [3.05, 3.63) is 0 Å². The normalized spacial score (nSPS) is 11.1. The zero-order valence-electron chi connectivity index (χ0n) is 10.4. The molecule has 0 aliphatic carbocycles. The molecule has 0 amide bonds. The Morgan fingerprint density at radius 3 is 1.62 bits per heavy atom. The highest BCUT2D eigenvalue weighted by molar-refractivity contribution is 4.58. The molecule has 0 saturated heterocycles. The van der Waals surface area contributed by atoms with E-state index >= 15 is 0 Å². The van der Waals surface area contributed by atoms with Gasteiger partial charge in [-0.05, 0) is 25.9 Å². The molecule has 2 N–H and O–H groups in total. The molecule has 2 nitrogen and oxygen atoms in total. The Labute approximate surface area is 84.5 Å². The van der Waals surface area contributed by atoms with Gasteiger partial charge in [0.25, 0.3) is 0 Å². The van der Waals surface area contributed by atoms with E-state index < -0.39 is 0 Å². The average Bonchev–Trinajstić information content (AvgIpc) is 1.84. The van der Waals surface area contributed by atoms with Crippen LogP contribution in [0.2, 0.25) is 0 Å². The van der Waals surface area contributed by atoms with Crippen molar-refractivity contribution in [2.24, 2.45) is 11.1 Å². The van der Waals surface area contributed by atoms with Gasteiger partial charge in [0.05, 0.1) is 0 Å². The molecule has 13 heavy (non-hydrogen) atoms. The monoisotopic (exact) mass is 188 g/mol. The Bertz CT molecular complexity index is 92.8. The van der Waals surface area contributed by atoms with Gasteiger partial charge in [-0.15, -0.1) is 0 Å². The number of nitrogens with two attached hydrogens (primary N) is 1. The maximum Gasteiger partial charge on any atom is 0.00985 e. The van der Waals surface area contributed by atoms with Crippen LogP contribution in [-0.2, 0) is 0 Å². The van der Waals surface area contributed by atoms with Gasteiger partial charge >= 0.3 is 0 Å². The first-order valence-electron chi connectivity index (χ1n) is 5.18. The molecule has 0 saturated carbocycles. The lowest BCUT2D eigenvalue weighted by molar-refractivity contribution is 0.373. The largest absolute Gasteiger partial charge is 0.329 e. The summed E-state index contributed by atoms with van der Waals surface area (Å²) in [5.74, 6) is 0. The summed E-state index contributed by atoms with van der Waals surface area (Å²) in [6, 6.07) is 0. The fourth-order valence-corrected chi connectivity index (χ4v) is 1.01. The van der Waals surface area contributed by atoms with E-state index in [0.29, 0.717) is 5.41 Å². The topological polar surface area (TPSA) is 29.3 Å². The van der Waals surface area contributed by atoms with E-state index in [4.69, 9.17) is 5.73 Å². The summed E-state index contributed by atoms with van der Waals surface area (Å²) in [7, 11) is 4.01. The minimum atomic E-state index is 0.550. The van der Waals surface area contributed by atoms with E-state index in [1.54, 1.807) is 0 Å². The van der Waals surface area contributed by atoms with Crippen molar-refractivity contribution in [3.8, 4) is 0 Å². The number of hydrogen-bond acceptors (Lipinski definition) is 2. The number of nitrogens with zero attached hydrogens (tertiary/aromatic N) is 1. The molecule has 2 heteroatoms. The van der Waals surface area contributed by atoms with Gasteiger partial charge in [0.1, 0.15) is 0 Å². The minimum absolute atomic E-state index is 0.550. The summed E-state index contributed by atoms with van der Waals surface area (Å²) >= 11 is 0.